The molecule has 0 aromatic heterocycles. The molecule has 3 rings (SSSR count). The molecule has 3 saturated heterocycles. The first kappa shape index (κ1) is 21.6. The fraction of sp³-hybridized carbons (Fsp3) is 1.00. The van der Waals surface area contributed by atoms with Gasteiger partial charge in [-0.05, 0) is 109 Å². The number of likely N-dealkylation sites (tertiary alicyclic amines) is 3. The van der Waals surface area contributed by atoms with Gasteiger partial charge >= 0.3 is 0 Å². The Morgan fingerprint density at radius 3 is 1.96 bits per heavy atom. The molecule has 158 valence electrons. The molecule has 0 aromatic rings. The minimum atomic E-state index is 0.798. The van der Waals surface area contributed by atoms with Gasteiger partial charge in [-0.3, -0.25) is 0 Å². The first-order valence-electron chi connectivity index (χ1n) is 12.3. The van der Waals surface area contributed by atoms with Gasteiger partial charge in [0.15, 0.2) is 0 Å². The molecule has 3 heterocycles. The lowest BCUT2D eigenvalue weighted by atomic mass is 9.85. The molecule has 0 aromatic carbocycles. The Labute approximate surface area is 169 Å². The van der Waals surface area contributed by atoms with E-state index < -0.39 is 0 Å². The van der Waals surface area contributed by atoms with Crippen molar-refractivity contribution >= 4 is 0 Å². The third kappa shape index (κ3) is 6.18. The average Bonchev–Trinajstić information content (AvgIpc) is 2.69. The quantitative estimate of drug-likeness (QED) is 0.635. The monoisotopic (exact) mass is 377 g/mol. The van der Waals surface area contributed by atoms with Crippen molar-refractivity contribution in [3.63, 3.8) is 0 Å². The zero-order valence-corrected chi connectivity index (χ0v) is 18.8. The number of hydrogen-bond acceptors (Lipinski definition) is 3. The van der Waals surface area contributed by atoms with E-state index in [-0.39, 0.29) is 0 Å². The Kier molecular flexibility index (Phi) is 8.47. The molecule has 27 heavy (non-hydrogen) atoms. The Bertz CT molecular complexity index is 400. The van der Waals surface area contributed by atoms with Crippen molar-refractivity contribution in [2.45, 2.75) is 91.1 Å². The number of hydrogen-bond donors (Lipinski definition) is 0. The first-order valence-corrected chi connectivity index (χ1v) is 12.3. The van der Waals surface area contributed by atoms with Gasteiger partial charge in [-0.1, -0.05) is 27.2 Å². The molecular weight excluding hydrogens is 330 g/mol. The Morgan fingerprint density at radius 2 is 1.41 bits per heavy atom. The topological polar surface area (TPSA) is 9.72 Å². The predicted molar refractivity (Wildman–Crippen MR) is 117 cm³/mol. The Hall–Kier alpha value is -0.120. The summed E-state index contributed by atoms with van der Waals surface area (Å²) >= 11 is 0. The second kappa shape index (κ2) is 10.6. The van der Waals surface area contributed by atoms with E-state index in [1.165, 1.54) is 97.2 Å². The molecule has 3 nitrogen and oxygen atoms in total. The molecule has 3 aliphatic rings. The second-order valence-electron chi connectivity index (χ2n) is 10.3. The molecule has 3 aliphatic heterocycles. The SMILES string of the molecule is CCCC(C)N1CCC(CN2CCC(N3CCC(C(C)C)CC3)CC2)CC1. The maximum Gasteiger partial charge on any atom is 0.0120 e. The molecule has 0 bridgehead atoms. The van der Waals surface area contributed by atoms with Gasteiger partial charge in [-0.25, -0.2) is 0 Å². The van der Waals surface area contributed by atoms with Gasteiger partial charge in [0.05, 0.1) is 0 Å². The highest BCUT2D eigenvalue weighted by molar-refractivity contribution is 4.85. The molecule has 3 fully saturated rings. The zero-order chi connectivity index (χ0) is 19.2. The van der Waals surface area contributed by atoms with Crippen LogP contribution in [0.4, 0.5) is 0 Å². The normalized spacial score (nSPS) is 27.4. The number of nitrogens with zero attached hydrogens (tertiary/aromatic N) is 3. The van der Waals surface area contributed by atoms with Gasteiger partial charge in [-0.15, -0.1) is 0 Å². The maximum absolute atomic E-state index is 2.84. The van der Waals surface area contributed by atoms with Gasteiger partial charge in [0.25, 0.3) is 0 Å². The van der Waals surface area contributed by atoms with Crippen LogP contribution in [0.2, 0.25) is 0 Å². The third-order valence-corrected chi connectivity index (χ3v) is 8.09. The maximum atomic E-state index is 2.84. The lowest BCUT2D eigenvalue weighted by Gasteiger charge is -2.44. The van der Waals surface area contributed by atoms with Crippen molar-refractivity contribution in [1.82, 2.24) is 14.7 Å². The van der Waals surface area contributed by atoms with Crippen LogP contribution in [0.5, 0.6) is 0 Å². The molecule has 0 radical (unpaired) electrons. The summed E-state index contributed by atoms with van der Waals surface area (Å²) in [5.74, 6) is 2.81. The molecular formula is C24H47N3. The van der Waals surface area contributed by atoms with Crippen LogP contribution in [0.1, 0.15) is 79.1 Å². The van der Waals surface area contributed by atoms with Gasteiger partial charge in [0, 0.05) is 18.6 Å². The summed E-state index contributed by atoms with van der Waals surface area (Å²) in [5.41, 5.74) is 0. The highest BCUT2D eigenvalue weighted by atomic mass is 15.2. The van der Waals surface area contributed by atoms with Gasteiger partial charge in [-0.2, -0.15) is 0 Å². The van der Waals surface area contributed by atoms with Gasteiger partial charge in [0.2, 0.25) is 0 Å². The third-order valence-electron chi connectivity index (χ3n) is 8.09. The van der Waals surface area contributed by atoms with Crippen molar-refractivity contribution in [2.24, 2.45) is 17.8 Å². The minimum absolute atomic E-state index is 0.798. The summed E-state index contributed by atoms with van der Waals surface area (Å²) < 4.78 is 0. The van der Waals surface area contributed by atoms with Crippen LogP contribution in [0.15, 0.2) is 0 Å². The molecule has 0 spiro atoms. The summed E-state index contributed by atoms with van der Waals surface area (Å²) in [5, 5.41) is 0. The molecule has 0 saturated carbocycles. The van der Waals surface area contributed by atoms with E-state index >= 15 is 0 Å². The highest BCUT2D eigenvalue weighted by Crippen LogP contribution is 2.29. The summed E-state index contributed by atoms with van der Waals surface area (Å²) in [6.07, 6.45) is 11.3. The van der Waals surface area contributed by atoms with E-state index in [1.54, 1.807) is 0 Å². The number of piperidine rings is 3. The summed E-state index contributed by atoms with van der Waals surface area (Å²) in [7, 11) is 0. The lowest BCUT2D eigenvalue weighted by molar-refractivity contribution is 0.0556. The van der Waals surface area contributed by atoms with Crippen molar-refractivity contribution < 1.29 is 0 Å². The van der Waals surface area contributed by atoms with Crippen LogP contribution in [-0.2, 0) is 0 Å². The molecule has 1 unspecified atom stereocenters. The van der Waals surface area contributed by atoms with Crippen LogP contribution in [-0.4, -0.2) is 72.6 Å². The molecule has 1 atom stereocenters. The largest absolute Gasteiger partial charge is 0.303 e. The van der Waals surface area contributed by atoms with Crippen molar-refractivity contribution in [3.05, 3.63) is 0 Å². The van der Waals surface area contributed by atoms with Crippen LogP contribution in [0.25, 0.3) is 0 Å². The minimum Gasteiger partial charge on any atom is -0.303 e. The lowest BCUT2D eigenvalue weighted by Crippen LogP contribution is -2.49. The van der Waals surface area contributed by atoms with E-state index in [4.69, 9.17) is 0 Å². The van der Waals surface area contributed by atoms with Gasteiger partial charge < -0.3 is 14.7 Å². The Balaban J connectivity index is 1.32. The second-order valence-corrected chi connectivity index (χ2v) is 10.3. The van der Waals surface area contributed by atoms with E-state index in [0.717, 1.165) is 29.8 Å². The first-order chi connectivity index (χ1) is 13.1. The van der Waals surface area contributed by atoms with E-state index in [9.17, 15) is 0 Å². The van der Waals surface area contributed by atoms with E-state index in [0.29, 0.717) is 0 Å². The zero-order valence-electron chi connectivity index (χ0n) is 18.8. The fourth-order valence-corrected chi connectivity index (χ4v) is 5.96. The Morgan fingerprint density at radius 1 is 0.778 bits per heavy atom. The van der Waals surface area contributed by atoms with Crippen molar-refractivity contribution in [1.29, 1.82) is 0 Å². The summed E-state index contributed by atoms with van der Waals surface area (Å²) in [4.78, 5) is 8.38. The molecule has 0 amide bonds. The van der Waals surface area contributed by atoms with Crippen LogP contribution >= 0.6 is 0 Å². The predicted octanol–water partition coefficient (Wildman–Crippen LogP) is 4.72. The fourth-order valence-electron chi connectivity index (χ4n) is 5.96. The average molecular weight is 378 g/mol. The summed E-state index contributed by atoms with van der Waals surface area (Å²) in [6, 6.07) is 1.68. The van der Waals surface area contributed by atoms with Crippen molar-refractivity contribution in [3.8, 4) is 0 Å². The van der Waals surface area contributed by atoms with Crippen LogP contribution in [0.3, 0.4) is 0 Å². The summed E-state index contributed by atoms with van der Waals surface area (Å²) in [6.45, 7) is 19.0. The van der Waals surface area contributed by atoms with Crippen LogP contribution in [0, 0.1) is 17.8 Å². The smallest absolute Gasteiger partial charge is 0.0120 e. The van der Waals surface area contributed by atoms with E-state index in [2.05, 4.69) is 42.4 Å². The molecule has 0 aliphatic carbocycles. The van der Waals surface area contributed by atoms with Crippen molar-refractivity contribution in [2.75, 3.05) is 45.8 Å². The van der Waals surface area contributed by atoms with E-state index in [1.807, 2.05) is 0 Å². The molecule has 3 heteroatoms. The highest BCUT2D eigenvalue weighted by Gasteiger charge is 2.30. The van der Waals surface area contributed by atoms with Gasteiger partial charge in [0.1, 0.15) is 0 Å². The van der Waals surface area contributed by atoms with Crippen LogP contribution < -0.4 is 0 Å². The number of rotatable bonds is 7. The molecule has 0 N–H and O–H groups in total. The standard InChI is InChI=1S/C24H47N3/c1-5-6-21(4)26-15-7-22(8-16-26)19-25-13-11-24(12-14-25)27-17-9-23(10-18-27)20(2)3/h20-24H,5-19H2,1-4H3.